The standard InChI is InChI=1S/C30H34F4N3OPS/c1-37-15-13-24(23(31)18-37)36-26-7-4-6-21-22(17-30(32,33)34)28(40-29(21)26)8-5-14-35-25-12-11-20(39(2)3)16-27(25)38-19-9-10-19/h4,6-7,11-12,16,19,23-24,35-36H,9-10,13-15,17-18H2,1-3H3/t23-,24+/m0/s1. The van der Waals surface area contributed by atoms with Gasteiger partial charge >= 0.3 is 6.18 Å². The molecular formula is C30H34F4N3OPS. The summed E-state index contributed by atoms with van der Waals surface area (Å²) in [6, 6.07) is 11.0. The SMILES string of the molecule is CN1CC[C@@H](Nc2cccc3c(CC(F)(F)F)c(C#CCNc4ccc(P(C)C)cc4OC4CC4)sc23)[C@@H](F)C1. The van der Waals surface area contributed by atoms with E-state index in [4.69, 9.17) is 4.74 Å². The van der Waals surface area contributed by atoms with E-state index in [1.165, 1.54) is 16.6 Å². The summed E-state index contributed by atoms with van der Waals surface area (Å²) in [5.41, 5.74) is 1.66. The largest absolute Gasteiger partial charge is 0.488 e. The smallest absolute Gasteiger partial charge is 0.393 e. The van der Waals surface area contributed by atoms with Gasteiger partial charge in [-0.2, -0.15) is 13.2 Å². The maximum Gasteiger partial charge on any atom is 0.393 e. The molecule has 0 bridgehead atoms. The first-order valence-corrected chi connectivity index (χ1v) is 16.5. The first-order valence-electron chi connectivity index (χ1n) is 13.5. The average molecular weight is 592 g/mol. The van der Waals surface area contributed by atoms with Gasteiger partial charge in [-0.15, -0.1) is 11.3 Å². The second-order valence-corrected chi connectivity index (χ2v) is 14.1. The number of benzene rings is 2. The zero-order valence-corrected chi connectivity index (χ0v) is 24.6. The Hall–Kier alpha value is -2.53. The Morgan fingerprint density at radius 1 is 1.12 bits per heavy atom. The van der Waals surface area contributed by atoms with Gasteiger partial charge in [-0.05, 0) is 74.1 Å². The molecule has 2 fully saturated rings. The minimum absolute atomic E-state index is 0.171. The average Bonchev–Trinajstić information content (AvgIpc) is 3.64. The first-order chi connectivity index (χ1) is 19.1. The fourth-order valence-corrected chi connectivity index (χ4v) is 6.76. The fourth-order valence-electron chi connectivity index (χ4n) is 4.84. The van der Waals surface area contributed by atoms with Crippen molar-refractivity contribution in [1.29, 1.82) is 0 Å². The molecule has 2 atom stereocenters. The number of fused-ring (bicyclic) bond motifs is 1. The second-order valence-electron chi connectivity index (χ2n) is 10.7. The third kappa shape index (κ3) is 7.21. The number of halogens is 4. The molecule has 0 unspecified atom stereocenters. The molecule has 5 rings (SSSR count). The van der Waals surface area contributed by atoms with Crippen LogP contribution in [0.4, 0.5) is 28.9 Å². The van der Waals surface area contributed by atoms with Gasteiger partial charge in [0.25, 0.3) is 0 Å². The lowest BCUT2D eigenvalue weighted by Gasteiger charge is -2.33. The molecule has 0 amide bonds. The Bertz CT molecular complexity index is 1410. The van der Waals surface area contributed by atoms with Gasteiger partial charge in [0.2, 0.25) is 0 Å². The lowest BCUT2D eigenvalue weighted by Crippen LogP contribution is -2.46. The van der Waals surface area contributed by atoms with Gasteiger partial charge in [0.15, 0.2) is 0 Å². The number of likely N-dealkylation sites (tertiary alicyclic amines) is 1. The Morgan fingerprint density at radius 2 is 1.93 bits per heavy atom. The van der Waals surface area contributed by atoms with Crippen LogP contribution in [-0.2, 0) is 6.42 Å². The number of hydrogen-bond donors (Lipinski definition) is 2. The van der Waals surface area contributed by atoms with Crippen LogP contribution in [0.15, 0.2) is 36.4 Å². The number of piperidine rings is 1. The van der Waals surface area contributed by atoms with E-state index in [1.54, 1.807) is 12.1 Å². The Morgan fingerprint density at radius 3 is 2.62 bits per heavy atom. The van der Waals surface area contributed by atoms with E-state index >= 15 is 0 Å². The highest BCUT2D eigenvalue weighted by molar-refractivity contribution is 7.64. The maximum absolute atomic E-state index is 14.7. The lowest BCUT2D eigenvalue weighted by molar-refractivity contribution is -0.126. The van der Waals surface area contributed by atoms with E-state index in [0.717, 1.165) is 30.8 Å². The van der Waals surface area contributed by atoms with Gasteiger partial charge in [0, 0.05) is 13.1 Å². The number of thiophene rings is 1. The van der Waals surface area contributed by atoms with Crippen LogP contribution in [0.1, 0.15) is 29.7 Å². The van der Waals surface area contributed by atoms with Crippen LogP contribution in [0, 0.1) is 11.8 Å². The third-order valence-corrected chi connectivity index (χ3v) is 9.66. The summed E-state index contributed by atoms with van der Waals surface area (Å²) in [4.78, 5) is 2.33. The van der Waals surface area contributed by atoms with Crippen molar-refractivity contribution in [3.8, 4) is 17.6 Å². The molecule has 2 N–H and O–H groups in total. The van der Waals surface area contributed by atoms with Gasteiger partial charge in [-0.1, -0.05) is 38.0 Å². The van der Waals surface area contributed by atoms with E-state index in [-0.39, 0.29) is 32.2 Å². The van der Waals surface area contributed by atoms with Crippen molar-refractivity contribution in [2.45, 2.75) is 50.2 Å². The molecule has 2 aromatic carbocycles. The van der Waals surface area contributed by atoms with Crippen LogP contribution in [0.3, 0.4) is 0 Å². The predicted molar refractivity (Wildman–Crippen MR) is 160 cm³/mol. The van der Waals surface area contributed by atoms with E-state index in [2.05, 4.69) is 47.9 Å². The molecule has 10 heteroatoms. The summed E-state index contributed by atoms with van der Waals surface area (Å²) in [7, 11) is 1.61. The number of rotatable bonds is 8. The van der Waals surface area contributed by atoms with Crippen LogP contribution in [0.2, 0.25) is 0 Å². The summed E-state index contributed by atoms with van der Waals surface area (Å²) in [5.74, 6) is 6.83. The lowest BCUT2D eigenvalue weighted by atomic mass is 10.0. The highest BCUT2D eigenvalue weighted by Crippen LogP contribution is 2.40. The summed E-state index contributed by atoms with van der Waals surface area (Å²) < 4.78 is 62.3. The van der Waals surface area contributed by atoms with Crippen LogP contribution in [-0.4, -0.2) is 69.4 Å². The van der Waals surface area contributed by atoms with Crippen molar-refractivity contribution in [2.24, 2.45) is 0 Å². The zero-order valence-electron chi connectivity index (χ0n) is 22.9. The van der Waals surface area contributed by atoms with Crippen molar-refractivity contribution < 1.29 is 22.3 Å². The minimum atomic E-state index is -4.38. The van der Waals surface area contributed by atoms with E-state index in [0.29, 0.717) is 33.6 Å². The third-order valence-electron chi connectivity index (χ3n) is 7.15. The molecule has 1 aliphatic heterocycles. The number of hydrogen-bond acceptors (Lipinski definition) is 5. The molecule has 1 aliphatic carbocycles. The molecule has 0 spiro atoms. The fraction of sp³-hybridized carbons (Fsp3) is 0.467. The van der Waals surface area contributed by atoms with E-state index < -0.39 is 18.8 Å². The molecule has 2 heterocycles. The summed E-state index contributed by atoms with van der Waals surface area (Å²) in [5, 5.41) is 8.33. The first kappa shape index (κ1) is 29.0. The Balaban J connectivity index is 1.39. The van der Waals surface area contributed by atoms with Crippen LogP contribution in [0.5, 0.6) is 5.75 Å². The molecule has 3 aromatic rings. The molecule has 0 radical (unpaired) electrons. The van der Waals surface area contributed by atoms with Gasteiger partial charge in [0.1, 0.15) is 11.9 Å². The molecule has 214 valence electrons. The molecule has 2 aliphatic rings. The Labute approximate surface area is 238 Å². The number of nitrogens with zero attached hydrogens (tertiary/aromatic N) is 1. The number of anilines is 2. The molecule has 4 nitrogen and oxygen atoms in total. The summed E-state index contributed by atoms with van der Waals surface area (Å²) >= 11 is 1.23. The maximum atomic E-state index is 14.7. The monoisotopic (exact) mass is 591 g/mol. The van der Waals surface area contributed by atoms with E-state index in [9.17, 15) is 17.6 Å². The normalized spacial score (nSPS) is 19.9. The van der Waals surface area contributed by atoms with Gasteiger partial charge < -0.3 is 20.3 Å². The van der Waals surface area contributed by atoms with Crippen LogP contribution in [0.25, 0.3) is 10.1 Å². The van der Waals surface area contributed by atoms with Crippen LogP contribution < -0.4 is 20.7 Å². The second kappa shape index (κ2) is 12.1. The van der Waals surface area contributed by atoms with Gasteiger partial charge in [0.05, 0.1) is 46.1 Å². The number of ether oxygens (including phenoxy) is 1. The molecule has 1 aromatic heterocycles. The zero-order chi connectivity index (χ0) is 28.4. The number of nitrogens with one attached hydrogen (secondary N) is 2. The van der Waals surface area contributed by atoms with Gasteiger partial charge in [-0.3, -0.25) is 0 Å². The summed E-state index contributed by atoms with van der Waals surface area (Å²) in [6.07, 6.45) is -3.53. The molecule has 40 heavy (non-hydrogen) atoms. The predicted octanol–water partition coefficient (Wildman–Crippen LogP) is 6.83. The topological polar surface area (TPSA) is 36.5 Å². The highest BCUT2D eigenvalue weighted by Gasteiger charge is 2.32. The van der Waals surface area contributed by atoms with Crippen molar-refractivity contribution in [2.75, 3.05) is 50.6 Å². The summed E-state index contributed by atoms with van der Waals surface area (Å²) in [6.45, 7) is 5.74. The van der Waals surface area contributed by atoms with Gasteiger partial charge in [-0.25, -0.2) is 4.39 Å². The van der Waals surface area contributed by atoms with Crippen molar-refractivity contribution >= 4 is 46.0 Å². The van der Waals surface area contributed by atoms with Crippen molar-refractivity contribution in [1.82, 2.24) is 4.90 Å². The molecule has 1 saturated carbocycles. The molecular weight excluding hydrogens is 557 g/mol. The van der Waals surface area contributed by atoms with E-state index in [1.807, 2.05) is 24.1 Å². The number of alkyl halides is 4. The van der Waals surface area contributed by atoms with Crippen molar-refractivity contribution in [3.05, 3.63) is 46.8 Å². The minimum Gasteiger partial charge on any atom is -0.488 e. The van der Waals surface area contributed by atoms with Crippen LogP contribution >= 0.6 is 19.3 Å². The molecule has 1 saturated heterocycles. The quantitative estimate of drug-likeness (QED) is 0.171. The van der Waals surface area contributed by atoms with Crippen molar-refractivity contribution in [3.63, 3.8) is 0 Å². The Kier molecular flexibility index (Phi) is 8.80. The highest BCUT2D eigenvalue weighted by atomic mass is 32.1.